The quantitative estimate of drug-likeness (QED) is 0.867. The van der Waals surface area contributed by atoms with Gasteiger partial charge in [0.15, 0.2) is 0 Å². The molecule has 0 saturated heterocycles. The number of hydrogen-bond donors (Lipinski definition) is 1. The molecule has 0 unspecified atom stereocenters. The van der Waals surface area contributed by atoms with Gasteiger partial charge in [0.1, 0.15) is 6.33 Å². The maximum atomic E-state index is 11.9. The highest BCUT2D eigenvalue weighted by molar-refractivity contribution is 5.92. The van der Waals surface area contributed by atoms with Crippen molar-refractivity contribution in [3.05, 3.63) is 42.2 Å². The van der Waals surface area contributed by atoms with Crippen molar-refractivity contribution < 1.29 is 4.79 Å². The number of carbonyl (C=O) groups excluding carboxylic acids is 1. The van der Waals surface area contributed by atoms with Crippen LogP contribution in [-0.2, 0) is 4.79 Å². The standard InChI is InChI=1S/C15H17N5O/c21-15(17-13-5-1-2-6-13)9-8-12-4-3-7-14(10-12)20-11-16-18-19-20/h3-4,7-11,13H,1-2,5-6H2,(H,17,21)/b9-8+. The third-order valence-corrected chi connectivity index (χ3v) is 3.61. The van der Waals surface area contributed by atoms with Crippen molar-refractivity contribution in [1.82, 2.24) is 25.5 Å². The lowest BCUT2D eigenvalue weighted by molar-refractivity contribution is -0.117. The van der Waals surface area contributed by atoms with E-state index >= 15 is 0 Å². The highest BCUT2D eigenvalue weighted by atomic mass is 16.1. The van der Waals surface area contributed by atoms with Gasteiger partial charge in [0.05, 0.1) is 5.69 Å². The largest absolute Gasteiger partial charge is 0.350 e. The van der Waals surface area contributed by atoms with Crippen LogP contribution in [0.5, 0.6) is 0 Å². The lowest BCUT2D eigenvalue weighted by Gasteiger charge is -2.09. The predicted octanol–water partition coefficient (Wildman–Crippen LogP) is 1.73. The summed E-state index contributed by atoms with van der Waals surface area (Å²) in [4.78, 5) is 11.9. The van der Waals surface area contributed by atoms with Crippen LogP contribution in [0.1, 0.15) is 31.2 Å². The third-order valence-electron chi connectivity index (χ3n) is 3.61. The Bertz CT molecular complexity index is 629. The number of amides is 1. The topological polar surface area (TPSA) is 72.7 Å². The van der Waals surface area contributed by atoms with Gasteiger partial charge < -0.3 is 5.32 Å². The number of nitrogens with zero attached hydrogens (tertiary/aromatic N) is 4. The number of carbonyl (C=O) groups is 1. The van der Waals surface area contributed by atoms with Gasteiger partial charge in [0.2, 0.25) is 5.91 Å². The average molecular weight is 283 g/mol. The first-order chi connectivity index (χ1) is 10.3. The number of tetrazole rings is 1. The Hall–Kier alpha value is -2.50. The van der Waals surface area contributed by atoms with Crippen LogP contribution in [0.25, 0.3) is 11.8 Å². The molecule has 1 N–H and O–H groups in total. The van der Waals surface area contributed by atoms with Crippen molar-refractivity contribution in [3.8, 4) is 5.69 Å². The predicted molar refractivity (Wildman–Crippen MR) is 78.6 cm³/mol. The molecule has 1 fully saturated rings. The van der Waals surface area contributed by atoms with Crippen LogP contribution in [0.3, 0.4) is 0 Å². The van der Waals surface area contributed by atoms with E-state index < -0.39 is 0 Å². The van der Waals surface area contributed by atoms with E-state index in [4.69, 9.17) is 0 Å². The van der Waals surface area contributed by atoms with Crippen molar-refractivity contribution in [3.63, 3.8) is 0 Å². The van der Waals surface area contributed by atoms with Crippen LogP contribution < -0.4 is 5.32 Å². The van der Waals surface area contributed by atoms with Crippen LogP contribution in [0, 0.1) is 0 Å². The second-order valence-electron chi connectivity index (χ2n) is 5.17. The zero-order valence-electron chi connectivity index (χ0n) is 11.6. The zero-order valence-corrected chi connectivity index (χ0v) is 11.6. The molecule has 1 heterocycles. The number of aromatic nitrogens is 4. The van der Waals surface area contributed by atoms with Gasteiger partial charge in [-0.05, 0) is 47.0 Å². The summed E-state index contributed by atoms with van der Waals surface area (Å²) in [6, 6.07) is 8.02. The van der Waals surface area contributed by atoms with Gasteiger partial charge in [-0.2, -0.15) is 0 Å². The Kier molecular flexibility index (Phi) is 4.04. The fraction of sp³-hybridized carbons (Fsp3) is 0.333. The van der Waals surface area contributed by atoms with Crippen molar-refractivity contribution in [1.29, 1.82) is 0 Å². The van der Waals surface area contributed by atoms with E-state index in [1.165, 1.54) is 19.2 Å². The van der Waals surface area contributed by atoms with E-state index in [9.17, 15) is 4.79 Å². The fourth-order valence-corrected chi connectivity index (χ4v) is 2.54. The SMILES string of the molecule is O=C(/C=C/c1cccc(-n2cnnn2)c1)NC1CCCC1. The summed E-state index contributed by atoms with van der Waals surface area (Å²) >= 11 is 0. The summed E-state index contributed by atoms with van der Waals surface area (Å²) < 4.78 is 1.58. The normalized spacial score (nSPS) is 15.6. The van der Waals surface area contributed by atoms with Crippen LogP contribution in [-0.4, -0.2) is 32.2 Å². The summed E-state index contributed by atoms with van der Waals surface area (Å²) in [5, 5.41) is 14.1. The molecule has 3 rings (SSSR count). The molecule has 1 aliphatic carbocycles. The van der Waals surface area contributed by atoms with E-state index in [0.717, 1.165) is 24.1 Å². The van der Waals surface area contributed by atoms with Gasteiger partial charge in [-0.1, -0.05) is 25.0 Å². The first-order valence-corrected chi connectivity index (χ1v) is 7.13. The molecular formula is C15H17N5O. The van der Waals surface area contributed by atoms with E-state index in [0.29, 0.717) is 6.04 Å². The van der Waals surface area contributed by atoms with E-state index in [1.807, 2.05) is 24.3 Å². The Labute approximate surface area is 122 Å². The maximum absolute atomic E-state index is 11.9. The summed E-state index contributed by atoms with van der Waals surface area (Å²) in [5.74, 6) is -0.0327. The minimum absolute atomic E-state index is 0.0327. The van der Waals surface area contributed by atoms with E-state index in [2.05, 4.69) is 20.8 Å². The Morgan fingerprint density at radius 3 is 2.95 bits per heavy atom. The summed E-state index contributed by atoms with van der Waals surface area (Å²) in [6.07, 6.45) is 9.53. The molecular weight excluding hydrogens is 266 g/mol. The van der Waals surface area contributed by atoms with Crippen molar-refractivity contribution >= 4 is 12.0 Å². The summed E-state index contributed by atoms with van der Waals surface area (Å²) in [5.41, 5.74) is 1.79. The Balaban J connectivity index is 1.65. The number of hydrogen-bond acceptors (Lipinski definition) is 4. The second kappa shape index (κ2) is 6.30. The van der Waals surface area contributed by atoms with Crippen molar-refractivity contribution in [2.45, 2.75) is 31.7 Å². The Morgan fingerprint density at radius 1 is 1.33 bits per heavy atom. The molecule has 6 nitrogen and oxygen atoms in total. The van der Waals surface area contributed by atoms with Gasteiger partial charge in [-0.15, -0.1) is 5.10 Å². The minimum Gasteiger partial charge on any atom is -0.350 e. The lowest BCUT2D eigenvalue weighted by atomic mass is 10.2. The average Bonchev–Trinajstić information content (AvgIpc) is 3.19. The van der Waals surface area contributed by atoms with Crippen LogP contribution in [0.2, 0.25) is 0 Å². The number of rotatable bonds is 4. The van der Waals surface area contributed by atoms with Gasteiger partial charge >= 0.3 is 0 Å². The molecule has 1 saturated carbocycles. The first kappa shape index (κ1) is 13.5. The highest BCUT2D eigenvalue weighted by Crippen LogP contribution is 2.17. The van der Waals surface area contributed by atoms with Crippen molar-refractivity contribution in [2.75, 3.05) is 0 Å². The molecule has 1 amide bonds. The molecule has 6 heteroatoms. The van der Waals surface area contributed by atoms with Crippen LogP contribution in [0.4, 0.5) is 0 Å². The van der Waals surface area contributed by atoms with Gasteiger partial charge in [0, 0.05) is 12.1 Å². The molecule has 21 heavy (non-hydrogen) atoms. The molecule has 0 bridgehead atoms. The number of benzene rings is 1. The molecule has 0 spiro atoms. The molecule has 1 aromatic carbocycles. The van der Waals surface area contributed by atoms with Gasteiger partial charge in [-0.3, -0.25) is 4.79 Å². The molecule has 0 radical (unpaired) electrons. The summed E-state index contributed by atoms with van der Waals surface area (Å²) in [6.45, 7) is 0. The smallest absolute Gasteiger partial charge is 0.244 e. The highest BCUT2D eigenvalue weighted by Gasteiger charge is 2.15. The summed E-state index contributed by atoms with van der Waals surface area (Å²) in [7, 11) is 0. The third kappa shape index (κ3) is 3.53. The van der Waals surface area contributed by atoms with Gasteiger partial charge in [0.25, 0.3) is 0 Å². The van der Waals surface area contributed by atoms with E-state index in [1.54, 1.807) is 16.8 Å². The second-order valence-corrected chi connectivity index (χ2v) is 5.17. The molecule has 2 aromatic rings. The monoisotopic (exact) mass is 283 g/mol. The van der Waals surface area contributed by atoms with Crippen LogP contribution in [0.15, 0.2) is 36.7 Å². The molecule has 0 aliphatic heterocycles. The molecule has 1 aliphatic rings. The maximum Gasteiger partial charge on any atom is 0.244 e. The van der Waals surface area contributed by atoms with E-state index in [-0.39, 0.29) is 5.91 Å². The van der Waals surface area contributed by atoms with Gasteiger partial charge in [-0.25, -0.2) is 4.68 Å². The minimum atomic E-state index is -0.0327. The van der Waals surface area contributed by atoms with Crippen molar-refractivity contribution in [2.24, 2.45) is 0 Å². The zero-order chi connectivity index (χ0) is 14.5. The molecule has 1 aromatic heterocycles. The fourth-order valence-electron chi connectivity index (χ4n) is 2.54. The number of nitrogens with one attached hydrogen (secondary N) is 1. The van der Waals surface area contributed by atoms with Crippen LogP contribution >= 0.6 is 0 Å². The first-order valence-electron chi connectivity index (χ1n) is 7.13. The lowest BCUT2D eigenvalue weighted by Crippen LogP contribution is -2.30. The molecule has 108 valence electrons. The Morgan fingerprint density at radius 2 is 2.19 bits per heavy atom. The molecule has 0 atom stereocenters.